The van der Waals surface area contributed by atoms with E-state index >= 15 is 0 Å². The molecule has 6 nitrogen and oxygen atoms in total. The van der Waals surface area contributed by atoms with E-state index in [0.29, 0.717) is 17.4 Å². The molecule has 1 atom stereocenters. The van der Waals surface area contributed by atoms with Crippen LogP contribution in [0.3, 0.4) is 0 Å². The lowest BCUT2D eigenvalue weighted by Crippen LogP contribution is -2.25. The van der Waals surface area contributed by atoms with Gasteiger partial charge in [-0.2, -0.15) is 13.2 Å². The number of ether oxygens (including phenoxy) is 2. The largest absolute Gasteiger partial charge is 0.506 e. The fourth-order valence-electron chi connectivity index (χ4n) is 4.16. The summed E-state index contributed by atoms with van der Waals surface area (Å²) < 4.78 is 51.2. The molecule has 2 N–H and O–H groups in total. The first-order valence-electron chi connectivity index (χ1n) is 12.7. The number of esters is 1. The summed E-state index contributed by atoms with van der Waals surface area (Å²) in [6.45, 7) is 10.1. The molecule has 0 aromatic heterocycles. The van der Waals surface area contributed by atoms with Crippen molar-refractivity contribution in [2.75, 3.05) is 0 Å². The van der Waals surface area contributed by atoms with Crippen molar-refractivity contribution < 1.29 is 42.4 Å². The van der Waals surface area contributed by atoms with Crippen LogP contribution in [0.4, 0.5) is 13.2 Å². The summed E-state index contributed by atoms with van der Waals surface area (Å²) >= 11 is 0. The molecule has 9 heteroatoms. The summed E-state index contributed by atoms with van der Waals surface area (Å²) in [5.41, 5.74) is 0.598. The predicted octanol–water partition coefficient (Wildman–Crippen LogP) is 7.92. The van der Waals surface area contributed by atoms with E-state index in [0.717, 1.165) is 22.8 Å². The number of benzene rings is 3. The van der Waals surface area contributed by atoms with Crippen molar-refractivity contribution in [1.29, 1.82) is 0 Å². The van der Waals surface area contributed by atoms with Crippen molar-refractivity contribution in [2.24, 2.45) is 0 Å². The van der Waals surface area contributed by atoms with Crippen molar-refractivity contribution in [2.45, 2.75) is 71.8 Å². The number of hydrogen-bond donors (Lipinski definition) is 2. The first-order chi connectivity index (χ1) is 18.5. The van der Waals surface area contributed by atoms with Gasteiger partial charge in [0.2, 0.25) is 0 Å². The number of alkyl halides is 3. The predicted molar refractivity (Wildman–Crippen MR) is 145 cm³/mol. The van der Waals surface area contributed by atoms with E-state index in [2.05, 4.69) is 0 Å². The van der Waals surface area contributed by atoms with Gasteiger partial charge in [-0.05, 0) is 74.1 Å². The summed E-state index contributed by atoms with van der Waals surface area (Å²) in [6.07, 6.45) is -4.87. The average Bonchev–Trinajstić information content (AvgIpc) is 2.85. The number of hydrogen-bond acceptors (Lipinski definition) is 5. The molecule has 0 radical (unpaired) electrons. The number of carboxylic acids is 1. The molecule has 3 aromatic carbocycles. The maximum absolute atomic E-state index is 13.4. The van der Waals surface area contributed by atoms with Crippen molar-refractivity contribution >= 4 is 11.9 Å². The van der Waals surface area contributed by atoms with Crippen LogP contribution in [0.25, 0.3) is 11.1 Å². The molecular formula is C31H33F3O6. The molecule has 0 saturated heterocycles. The van der Waals surface area contributed by atoms with Crippen molar-refractivity contribution in [3.05, 3.63) is 82.4 Å². The highest BCUT2D eigenvalue weighted by Gasteiger charge is 2.37. The minimum Gasteiger partial charge on any atom is -0.506 e. The highest BCUT2D eigenvalue weighted by atomic mass is 19.4. The van der Waals surface area contributed by atoms with Crippen LogP contribution in [-0.4, -0.2) is 27.8 Å². The molecule has 0 fully saturated rings. The van der Waals surface area contributed by atoms with E-state index in [1.54, 1.807) is 45.9 Å². The van der Waals surface area contributed by atoms with E-state index in [1.165, 1.54) is 0 Å². The van der Waals surface area contributed by atoms with Gasteiger partial charge in [-0.3, -0.25) is 4.79 Å². The van der Waals surface area contributed by atoms with Crippen LogP contribution in [0.2, 0.25) is 0 Å². The van der Waals surface area contributed by atoms with Gasteiger partial charge in [0.1, 0.15) is 29.3 Å². The Bertz CT molecular complexity index is 1390. The summed E-state index contributed by atoms with van der Waals surface area (Å²) in [4.78, 5) is 24.2. The average molecular weight is 559 g/mol. The second kappa shape index (κ2) is 11.6. The third-order valence-corrected chi connectivity index (χ3v) is 6.30. The van der Waals surface area contributed by atoms with Crippen LogP contribution in [0, 0.1) is 0 Å². The molecule has 0 aliphatic rings. The first-order valence-corrected chi connectivity index (χ1v) is 12.7. The number of carboxylic acid groups (broad SMARTS) is 1. The zero-order valence-electron chi connectivity index (χ0n) is 23.2. The number of carbonyl (C=O) groups excluding carboxylic acids is 1. The van der Waals surface area contributed by atoms with Gasteiger partial charge in [0, 0.05) is 5.56 Å². The molecule has 214 valence electrons. The van der Waals surface area contributed by atoms with Gasteiger partial charge < -0.3 is 19.7 Å². The molecule has 40 heavy (non-hydrogen) atoms. The van der Waals surface area contributed by atoms with Crippen LogP contribution in [-0.2, 0) is 22.3 Å². The normalized spacial score (nSPS) is 12.8. The Morgan fingerprint density at radius 2 is 1.55 bits per heavy atom. The summed E-state index contributed by atoms with van der Waals surface area (Å²) in [5, 5.41) is 19.8. The van der Waals surface area contributed by atoms with Crippen molar-refractivity contribution in [1.82, 2.24) is 0 Å². The van der Waals surface area contributed by atoms with Crippen molar-refractivity contribution in [3.8, 4) is 22.6 Å². The fraction of sp³-hybridized carbons (Fsp3) is 0.355. The lowest BCUT2D eigenvalue weighted by atomic mass is 9.88. The molecule has 0 heterocycles. The molecule has 0 aliphatic heterocycles. The van der Waals surface area contributed by atoms with Gasteiger partial charge in [-0.25, -0.2) is 4.79 Å². The highest BCUT2D eigenvalue weighted by molar-refractivity contribution is 5.95. The smallest absolute Gasteiger partial charge is 0.419 e. The summed E-state index contributed by atoms with van der Waals surface area (Å²) in [6, 6.07) is 14.4. The molecule has 1 unspecified atom stereocenters. The summed E-state index contributed by atoms with van der Waals surface area (Å²) in [7, 11) is 0. The number of phenolic OH excluding ortho intramolecular Hbond substituents is 1. The van der Waals surface area contributed by atoms with Crippen LogP contribution in [0.1, 0.15) is 86.0 Å². The van der Waals surface area contributed by atoms with Gasteiger partial charge in [0.15, 0.2) is 0 Å². The van der Waals surface area contributed by atoms with Crippen LogP contribution in [0.5, 0.6) is 11.5 Å². The second-order valence-corrected chi connectivity index (χ2v) is 10.9. The van der Waals surface area contributed by atoms with Crippen LogP contribution >= 0.6 is 0 Å². The van der Waals surface area contributed by atoms with E-state index in [9.17, 15) is 33.0 Å². The maximum atomic E-state index is 13.4. The second-order valence-electron chi connectivity index (χ2n) is 10.9. The van der Waals surface area contributed by atoms with Gasteiger partial charge in [-0.1, -0.05) is 50.2 Å². The third-order valence-electron chi connectivity index (χ3n) is 6.30. The Labute approximate surface area is 231 Å². The van der Waals surface area contributed by atoms with E-state index < -0.39 is 46.5 Å². The van der Waals surface area contributed by atoms with Crippen molar-refractivity contribution in [3.63, 3.8) is 0 Å². The standard InChI is InChI=1S/C31H33F3O6/c1-17(2)24-15-20(18(3)28(36)37)9-13-23(24)19-7-11-22(12-8-19)39-16-21-10-14-25(31(32,33)34)27(35)26(21)29(38)40-30(4,5)6/h7-15,17-18,35H,16H2,1-6H3,(H,36,37). The first kappa shape index (κ1) is 30.5. The molecule has 0 aliphatic carbocycles. The Morgan fingerprint density at radius 3 is 2.08 bits per heavy atom. The lowest BCUT2D eigenvalue weighted by molar-refractivity contribution is -0.139. The Hall–Kier alpha value is -4.01. The number of halogens is 3. The zero-order chi connectivity index (χ0) is 30.0. The number of rotatable bonds is 8. The molecule has 0 bridgehead atoms. The number of phenols is 1. The quantitative estimate of drug-likeness (QED) is 0.273. The number of aromatic hydroxyl groups is 1. The lowest BCUT2D eigenvalue weighted by Gasteiger charge is -2.22. The highest BCUT2D eigenvalue weighted by Crippen LogP contribution is 2.40. The number of aliphatic carboxylic acids is 1. The number of carbonyl (C=O) groups is 2. The Morgan fingerprint density at radius 1 is 0.925 bits per heavy atom. The molecule has 0 spiro atoms. The maximum Gasteiger partial charge on any atom is 0.419 e. The van der Waals surface area contributed by atoms with E-state index in [1.807, 2.05) is 38.1 Å². The van der Waals surface area contributed by atoms with Gasteiger partial charge in [0.05, 0.1) is 11.5 Å². The van der Waals surface area contributed by atoms with Crippen LogP contribution < -0.4 is 4.74 Å². The van der Waals surface area contributed by atoms with Gasteiger partial charge in [-0.15, -0.1) is 0 Å². The molecule has 0 amide bonds. The minimum atomic E-state index is -4.87. The zero-order valence-corrected chi connectivity index (χ0v) is 23.2. The molecular weight excluding hydrogens is 525 g/mol. The Kier molecular flexibility index (Phi) is 8.87. The Balaban J connectivity index is 1.89. The topological polar surface area (TPSA) is 93.1 Å². The SMILES string of the molecule is CC(C)c1cc(C(C)C(=O)O)ccc1-c1ccc(OCc2ccc(C(F)(F)F)c(O)c2C(=O)OC(C)(C)C)cc1. The molecule has 3 rings (SSSR count). The van der Waals surface area contributed by atoms with Gasteiger partial charge >= 0.3 is 18.1 Å². The summed E-state index contributed by atoms with van der Waals surface area (Å²) in [5.74, 6) is -3.32. The monoisotopic (exact) mass is 558 g/mol. The minimum absolute atomic E-state index is 0.0362. The molecule has 3 aromatic rings. The van der Waals surface area contributed by atoms with E-state index in [4.69, 9.17) is 9.47 Å². The van der Waals surface area contributed by atoms with Gasteiger partial charge in [0.25, 0.3) is 0 Å². The molecule has 0 saturated carbocycles. The van der Waals surface area contributed by atoms with Crippen LogP contribution in [0.15, 0.2) is 54.6 Å². The third kappa shape index (κ3) is 7.14. The fourth-order valence-corrected chi connectivity index (χ4v) is 4.16. The van der Waals surface area contributed by atoms with E-state index in [-0.39, 0.29) is 18.1 Å².